The number of hydrogen-bond acceptors (Lipinski definition) is 5. The lowest BCUT2D eigenvalue weighted by atomic mass is 10.2. The Kier molecular flexibility index (Phi) is 3.74. The van der Waals surface area contributed by atoms with E-state index in [1.165, 1.54) is 0 Å². The highest BCUT2D eigenvalue weighted by atomic mass is 19.2. The molecule has 2 rings (SSSR count). The Morgan fingerprint density at radius 2 is 2.10 bits per heavy atom. The van der Waals surface area contributed by atoms with Crippen LogP contribution in [0.5, 0.6) is 11.6 Å². The molecule has 2 aromatic rings. The Morgan fingerprint density at radius 1 is 1.38 bits per heavy atom. The van der Waals surface area contributed by atoms with Gasteiger partial charge < -0.3 is 9.84 Å². The van der Waals surface area contributed by atoms with Crippen molar-refractivity contribution in [3.63, 3.8) is 0 Å². The zero-order valence-corrected chi connectivity index (χ0v) is 10.1. The molecule has 1 aromatic carbocycles. The van der Waals surface area contributed by atoms with Gasteiger partial charge in [0, 0.05) is 12.3 Å². The quantitative estimate of drug-likeness (QED) is 0.687. The molecule has 9 heteroatoms. The van der Waals surface area contributed by atoms with Gasteiger partial charge in [0.15, 0.2) is 11.6 Å². The first-order valence-electron chi connectivity index (χ1n) is 5.39. The molecule has 0 aliphatic heterocycles. The van der Waals surface area contributed by atoms with Crippen LogP contribution in [0.1, 0.15) is 10.4 Å². The van der Waals surface area contributed by atoms with E-state index in [4.69, 9.17) is 9.84 Å². The van der Waals surface area contributed by atoms with E-state index >= 15 is 0 Å². The summed E-state index contributed by atoms with van der Waals surface area (Å²) in [4.78, 5) is 24.1. The van der Waals surface area contributed by atoms with Gasteiger partial charge in [0.1, 0.15) is 0 Å². The van der Waals surface area contributed by atoms with Crippen LogP contribution in [0.2, 0.25) is 0 Å². The van der Waals surface area contributed by atoms with Crippen LogP contribution in [0, 0.1) is 21.7 Å². The molecule has 0 amide bonds. The van der Waals surface area contributed by atoms with E-state index in [2.05, 4.69) is 4.98 Å². The van der Waals surface area contributed by atoms with Crippen molar-refractivity contribution in [2.45, 2.75) is 0 Å². The number of nitrogens with zero attached hydrogens (tertiary/aromatic N) is 2. The Morgan fingerprint density at radius 3 is 2.71 bits per heavy atom. The van der Waals surface area contributed by atoms with Gasteiger partial charge in [-0.1, -0.05) is 6.07 Å². The largest absolute Gasteiger partial charge is 0.478 e. The lowest BCUT2D eigenvalue weighted by Gasteiger charge is -2.06. The molecule has 0 atom stereocenters. The molecule has 0 spiro atoms. The van der Waals surface area contributed by atoms with E-state index in [1.54, 1.807) is 0 Å². The highest BCUT2D eigenvalue weighted by Gasteiger charge is 2.22. The summed E-state index contributed by atoms with van der Waals surface area (Å²) in [6.07, 6.45) is 0.807. The molecule has 0 radical (unpaired) electrons. The number of aromatic nitrogens is 1. The molecule has 0 aliphatic rings. The van der Waals surface area contributed by atoms with E-state index in [1.807, 2.05) is 0 Å². The molecule has 1 N–H and O–H groups in total. The molecular formula is C12H6F2N2O5. The van der Waals surface area contributed by atoms with Crippen LogP contribution in [0.3, 0.4) is 0 Å². The third-order valence-corrected chi connectivity index (χ3v) is 2.40. The van der Waals surface area contributed by atoms with Gasteiger partial charge >= 0.3 is 11.7 Å². The molecule has 1 heterocycles. The highest BCUT2D eigenvalue weighted by Crippen LogP contribution is 2.31. The number of rotatable bonds is 4. The van der Waals surface area contributed by atoms with E-state index in [-0.39, 0.29) is 0 Å². The molecule has 0 bridgehead atoms. The van der Waals surface area contributed by atoms with E-state index < -0.39 is 45.4 Å². The third-order valence-electron chi connectivity index (χ3n) is 2.40. The summed E-state index contributed by atoms with van der Waals surface area (Å²) in [6, 6.07) is 3.75. The minimum absolute atomic E-state index is 0.436. The molecule has 1 aromatic heterocycles. The zero-order valence-electron chi connectivity index (χ0n) is 10.1. The van der Waals surface area contributed by atoms with Crippen LogP contribution in [-0.4, -0.2) is 21.0 Å². The zero-order chi connectivity index (χ0) is 15.6. The van der Waals surface area contributed by atoms with Gasteiger partial charge in [-0.3, -0.25) is 10.1 Å². The summed E-state index contributed by atoms with van der Waals surface area (Å²) in [7, 11) is 0. The highest BCUT2D eigenvalue weighted by molar-refractivity contribution is 5.88. The van der Waals surface area contributed by atoms with E-state index in [9.17, 15) is 23.7 Å². The average molecular weight is 296 g/mol. The Balaban J connectivity index is 2.46. The van der Waals surface area contributed by atoms with Crippen LogP contribution < -0.4 is 4.74 Å². The molecule has 7 nitrogen and oxygen atoms in total. The number of carbonyl (C=O) groups is 1. The number of nitro groups is 1. The second-order valence-electron chi connectivity index (χ2n) is 3.76. The third kappa shape index (κ3) is 2.91. The fourth-order valence-corrected chi connectivity index (χ4v) is 1.43. The van der Waals surface area contributed by atoms with Crippen LogP contribution in [0.4, 0.5) is 14.5 Å². The fraction of sp³-hybridized carbons (Fsp3) is 0. The summed E-state index contributed by atoms with van der Waals surface area (Å²) >= 11 is 0. The maximum atomic E-state index is 13.4. The van der Waals surface area contributed by atoms with Crippen molar-refractivity contribution >= 4 is 11.7 Å². The number of ether oxygens (including phenoxy) is 1. The summed E-state index contributed by atoms with van der Waals surface area (Å²) in [5, 5.41) is 19.6. The number of pyridine rings is 1. The maximum absolute atomic E-state index is 13.4. The Bertz CT molecular complexity index is 736. The second-order valence-corrected chi connectivity index (χ2v) is 3.76. The van der Waals surface area contributed by atoms with Gasteiger partial charge in [0.2, 0.25) is 5.82 Å². The molecule has 0 unspecified atom stereocenters. The van der Waals surface area contributed by atoms with Gasteiger partial charge in [-0.15, -0.1) is 0 Å². The van der Waals surface area contributed by atoms with Crippen molar-refractivity contribution in [1.82, 2.24) is 4.98 Å². The molecule has 0 fully saturated rings. The van der Waals surface area contributed by atoms with Crippen LogP contribution in [0.15, 0.2) is 30.5 Å². The minimum Gasteiger partial charge on any atom is -0.478 e. The number of aromatic carboxylic acids is 1. The van der Waals surface area contributed by atoms with Crippen molar-refractivity contribution in [2.24, 2.45) is 0 Å². The Hall–Kier alpha value is -3.10. The lowest BCUT2D eigenvalue weighted by molar-refractivity contribution is -0.386. The van der Waals surface area contributed by atoms with Gasteiger partial charge in [-0.25, -0.2) is 14.2 Å². The molecule has 108 valence electrons. The summed E-state index contributed by atoms with van der Waals surface area (Å²) in [6.45, 7) is 0. The summed E-state index contributed by atoms with van der Waals surface area (Å²) < 4.78 is 31.3. The number of carboxylic acids is 1. The number of carboxylic acid groups (broad SMARTS) is 1. The first-order valence-corrected chi connectivity index (χ1v) is 5.39. The Labute approximate surface area is 115 Å². The molecule has 21 heavy (non-hydrogen) atoms. The number of benzene rings is 1. The number of hydrogen-bond donors (Lipinski definition) is 1. The standard InChI is InChI=1S/C12H6F2N2O5/c13-7-2-1-3-9(10(7)14)21-11-8(16(19)20)4-6(5-15-11)12(17)18/h1-5H,(H,17,18). The van der Waals surface area contributed by atoms with Crippen molar-refractivity contribution < 1.29 is 28.3 Å². The predicted molar refractivity (Wildman–Crippen MR) is 64.3 cm³/mol. The number of halogens is 2. The fourth-order valence-electron chi connectivity index (χ4n) is 1.43. The molecular weight excluding hydrogens is 290 g/mol. The van der Waals surface area contributed by atoms with Gasteiger partial charge in [0.05, 0.1) is 10.5 Å². The SMILES string of the molecule is O=C(O)c1cnc(Oc2cccc(F)c2F)c([N+](=O)[O-])c1. The monoisotopic (exact) mass is 296 g/mol. The van der Waals surface area contributed by atoms with Crippen molar-refractivity contribution in [3.8, 4) is 11.6 Å². The first kappa shape index (κ1) is 14.3. The molecule has 0 aliphatic carbocycles. The minimum atomic E-state index is -1.42. The van der Waals surface area contributed by atoms with Crippen LogP contribution in [0.25, 0.3) is 0 Å². The van der Waals surface area contributed by atoms with Gasteiger partial charge in [0.25, 0.3) is 5.88 Å². The van der Waals surface area contributed by atoms with E-state index in [0.717, 1.165) is 24.4 Å². The van der Waals surface area contributed by atoms with Crippen LogP contribution >= 0.6 is 0 Å². The summed E-state index contributed by atoms with van der Waals surface area (Å²) in [5.74, 6) is -5.20. The van der Waals surface area contributed by atoms with Crippen molar-refractivity contribution in [1.29, 1.82) is 0 Å². The lowest BCUT2D eigenvalue weighted by Crippen LogP contribution is -2.03. The van der Waals surface area contributed by atoms with Crippen LogP contribution in [-0.2, 0) is 0 Å². The van der Waals surface area contributed by atoms with Gasteiger partial charge in [-0.05, 0) is 12.1 Å². The maximum Gasteiger partial charge on any atom is 0.337 e. The first-order chi connectivity index (χ1) is 9.90. The topological polar surface area (TPSA) is 103 Å². The predicted octanol–water partition coefficient (Wildman–Crippen LogP) is 2.76. The second kappa shape index (κ2) is 5.49. The smallest absolute Gasteiger partial charge is 0.337 e. The van der Waals surface area contributed by atoms with E-state index in [0.29, 0.717) is 6.07 Å². The molecule has 0 saturated heterocycles. The van der Waals surface area contributed by atoms with Crippen molar-refractivity contribution in [3.05, 3.63) is 57.8 Å². The van der Waals surface area contributed by atoms with Crippen molar-refractivity contribution in [2.75, 3.05) is 0 Å². The average Bonchev–Trinajstić information content (AvgIpc) is 2.43. The summed E-state index contributed by atoms with van der Waals surface area (Å²) in [5.41, 5.74) is -1.22. The van der Waals surface area contributed by atoms with Gasteiger partial charge in [-0.2, -0.15) is 4.39 Å². The normalized spacial score (nSPS) is 10.2. The molecule has 0 saturated carbocycles.